The zero-order valence-electron chi connectivity index (χ0n) is 20.5. The fourth-order valence-corrected chi connectivity index (χ4v) is 4.34. The Hall–Kier alpha value is -3.07. The van der Waals surface area contributed by atoms with Gasteiger partial charge in [-0.25, -0.2) is 8.42 Å². The van der Waals surface area contributed by atoms with Gasteiger partial charge in [0.15, 0.2) is 0 Å². The lowest BCUT2D eigenvalue weighted by molar-refractivity contribution is -0.140. The summed E-state index contributed by atoms with van der Waals surface area (Å²) >= 11 is 0. The summed E-state index contributed by atoms with van der Waals surface area (Å²) in [4.78, 5) is 28.0. The number of hydrogen-bond donors (Lipinski definition) is 1. The van der Waals surface area contributed by atoms with Gasteiger partial charge in [-0.1, -0.05) is 57.2 Å². The molecule has 0 fully saturated rings. The summed E-state index contributed by atoms with van der Waals surface area (Å²) in [5, 5.41) is 2.90. The maximum absolute atomic E-state index is 13.6. The van der Waals surface area contributed by atoms with Gasteiger partial charge >= 0.3 is 0 Å². The van der Waals surface area contributed by atoms with Gasteiger partial charge < -0.3 is 15.0 Å². The van der Waals surface area contributed by atoms with Gasteiger partial charge in [0.25, 0.3) is 0 Å². The molecule has 0 aliphatic carbocycles. The summed E-state index contributed by atoms with van der Waals surface area (Å²) in [5.41, 5.74) is 1.16. The molecule has 2 aromatic rings. The fraction of sp³-hybridized carbons (Fsp3) is 0.440. The molecule has 8 nitrogen and oxygen atoms in total. The molecule has 0 heterocycles. The van der Waals surface area contributed by atoms with Gasteiger partial charge in [0.1, 0.15) is 18.3 Å². The Labute approximate surface area is 202 Å². The molecule has 0 aromatic heterocycles. The molecule has 2 rings (SSSR count). The number of anilines is 1. The van der Waals surface area contributed by atoms with Crippen LogP contribution in [0.2, 0.25) is 0 Å². The summed E-state index contributed by atoms with van der Waals surface area (Å²) < 4.78 is 31.5. The number of nitrogens with zero attached hydrogens (tertiary/aromatic N) is 2. The van der Waals surface area contributed by atoms with E-state index < -0.39 is 28.5 Å². The molecule has 186 valence electrons. The maximum atomic E-state index is 13.6. The molecule has 0 spiro atoms. The van der Waals surface area contributed by atoms with Crippen LogP contribution in [0.25, 0.3) is 0 Å². The van der Waals surface area contributed by atoms with Gasteiger partial charge in [0.05, 0.1) is 19.1 Å². The van der Waals surface area contributed by atoms with Crippen LogP contribution in [0.3, 0.4) is 0 Å². The first-order valence-corrected chi connectivity index (χ1v) is 13.1. The topological polar surface area (TPSA) is 96.0 Å². The van der Waals surface area contributed by atoms with Crippen LogP contribution in [0.4, 0.5) is 5.69 Å². The van der Waals surface area contributed by atoms with Crippen molar-refractivity contribution >= 4 is 27.5 Å². The Kier molecular flexibility index (Phi) is 9.92. The second kappa shape index (κ2) is 12.4. The van der Waals surface area contributed by atoms with E-state index in [4.69, 9.17) is 4.74 Å². The predicted octanol–water partition coefficient (Wildman–Crippen LogP) is 3.04. The van der Waals surface area contributed by atoms with Crippen molar-refractivity contribution in [3.63, 3.8) is 0 Å². The van der Waals surface area contributed by atoms with Crippen molar-refractivity contribution in [2.24, 2.45) is 5.92 Å². The number of ether oxygens (including phenoxy) is 1. The van der Waals surface area contributed by atoms with Crippen LogP contribution >= 0.6 is 0 Å². The normalized spacial score (nSPS) is 12.2. The van der Waals surface area contributed by atoms with E-state index in [0.29, 0.717) is 24.4 Å². The van der Waals surface area contributed by atoms with Crippen molar-refractivity contribution in [2.45, 2.75) is 39.8 Å². The number of hydrogen-bond acceptors (Lipinski definition) is 5. The SMILES string of the molecule is CCC(C(=O)NCC(C)C)N(Cc1ccccc1)C(=O)CN(c1cccc(OC)c1)S(C)(=O)=O. The van der Waals surface area contributed by atoms with Gasteiger partial charge in [-0.15, -0.1) is 0 Å². The van der Waals surface area contributed by atoms with Gasteiger partial charge in [0.2, 0.25) is 21.8 Å². The van der Waals surface area contributed by atoms with Crippen molar-refractivity contribution in [1.82, 2.24) is 10.2 Å². The highest BCUT2D eigenvalue weighted by Crippen LogP contribution is 2.24. The quantitative estimate of drug-likeness (QED) is 0.494. The number of amides is 2. The monoisotopic (exact) mass is 489 g/mol. The lowest BCUT2D eigenvalue weighted by Gasteiger charge is -2.33. The molecule has 0 bridgehead atoms. The average molecular weight is 490 g/mol. The van der Waals surface area contributed by atoms with Crippen LogP contribution in [0.15, 0.2) is 54.6 Å². The zero-order chi connectivity index (χ0) is 25.3. The van der Waals surface area contributed by atoms with E-state index in [2.05, 4.69) is 5.32 Å². The maximum Gasteiger partial charge on any atom is 0.244 e. The van der Waals surface area contributed by atoms with Gasteiger partial charge in [-0.3, -0.25) is 13.9 Å². The molecule has 1 N–H and O–H groups in total. The Morgan fingerprint density at radius 3 is 2.29 bits per heavy atom. The minimum absolute atomic E-state index is 0.184. The van der Waals surface area contributed by atoms with Crippen LogP contribution in [-0.4, -0.2) is 57.6 Å². The van der Waals surface area contributed by atoms with Gasteiger partial charge in [-0.05, 0) is 30.0 Å². The number of rotatable bonds is 12. The van der Waals surface area contributed by atoms with Crippen LogP contribution in [0.1, 0.15) is 32.8 Å². The van der Waals surface area contributed by atoms with E-state index in [1.807, 2.05) is 51.1 Å². The second-order valence-electron chi connectivity index (χ2n) is 8.54. The molecule has 2 amide bonds. The molecule has 0 saturated carbocycles. The van der Waals surface area contributed by atoms with Gasteiger partial charge in [-0.2, -0.15) is 0 Å². The molecule has 2 aromatic carbocycles. The van der Waals surface area contributed by atoms with Crippen molar-refractivity contribution in [3.8, 4) is 5.75 Å². The lowest BCUT2D eigenvalue weighted by atomic mass is 10.1. The fourth-order valence-electron chi connectivity index (χ4n) is 3.50. The number of carbonyl (C=O) groups excluding carboxylic acids is 2. The third-order valence-corrected chi connectivity index (χ3v) is 6.43. The molecule has 1 unspecified atom stereocenters. The Morgan fingerprint density at radius 1 is 1.06 bits per heavy atom. The van der Waals surface area contributed by atoms with E-state index in [-0.39, 0.29) is 18.4 Å². The van der Waals surface area contributed by atoms with Crippen LogP contribution < -0.4 is 14.4 Å². The molecule has 0 aliphatic rings. The Morgan fingerprint density at radius 2 is 1.74 bits per heavy atom. The minimum Gasteiger partial charge on any atom is -0.497 e. The highest BCUT2D eigenvalue weighted by atomic mass is 32.2. The molecule has 0 aliphatic heterocycles. The largest absolute Gasteiger partial charge is 0.497 e. The third kappa shape index (κ3) is 7.76. The van der Waals surface area contributed by atoms with E-state index in [0.717, 1.165) is 16.1 Å². The van der Waals surface area contributed by atoms with E-state index in [1.165, 1.54) is 12.0 Å². The average Bonchev–Trinajstić information content (AvgIpc) is 2.80. The zero-order valence-corrected chi connectivity index (χ0v) is 21.3. The third-order valence-electron chi connectivity index (χ3n) is 5.29. The molecule has 9 heteroatoms. The first kappa shape index (κ1) is 27.2. The highest BCUT2D eigenvalue weighted by Gasteiger charge is 2.31. The molecular formula is C25H35N3O5S. The number of nitrogens with one attached hydrogen (secondary N) is 1. The summed E-state index contributed by atoms with van der Waals surface area (Å²) in [6, 6.07) is 15.1. The lowest BCUT2D eigenvalue weighted by Crippen LogP contribution is -2.52. The highest BCUT2D eigenvalue weighted by molar-refractivity contribution is 7.92. The standard InChI is InChI=1S/C25H35N3O5S/c1-6-23(25(30)26-16-19(2)3)27(17-20-11-8-7-9-12-20)24(29)18-28(34(5,31)32)21-13-10-14-22(15-21)33-4/h7-15,19,23H,6,16-18H2,1-5H3,(H,26,30). The number of benzene rings is 2. The Balaban J connectivity index is 2.40. The van der Waals surface area contributed by atoms with Gasteiger partial charge in [0, 0.05) is 19.2 Å². The van der Waals surface area contributed by atoms with Crippen LogP contribution in [-0.2, 0) is 26.2 Å². The van der Waals surface area contributed by atoms with E-state index in [9.17, 15) is 18.0 Å². The number of methoxy groups -OCH3 is 1. The smallest absolute Gasteiger partial charge is 0.244 e. The van der Waals surface area contributed by atoms with Crippen molar-refractivity contribution in [1.29, 1.82) is 0 Å². The number of carbonyl (C=O) groups is 2. The predicted molar refractivity (Wildman–Crippen MR) is 134 cm³/mol. The van der Waals surface area contributed by atoms with Crippen LogP contribution in [0, 0.1) is 5.92 Å². The molecular weight excluding hydrogens is 454 g/mol. The second-order valence-corrected chi connectivity index (χ2v) is 10.4. The summed E-state index contributed by atoms with van der Waals surface area (Å²) in [6.45, 7) is 6.05. The van der Waals surface area contributed by atoms with E-state index in [1.54, 1.807) is 24.3 Å². The first-order valence-electron chi connectivity index (χ1n) is 11.3. The molecule has 0 radical (unpaired) electrons. The summed E-state index contributed by atoms with van der Waals surface area (Å²) in [6.07, 6.45) is 1.44. The van der Waals surface area contributed by atoms with Crippen molar-refractivity contribution in [2.75, 3.05) is 30.8 Å². The molecule has 0 saturated heterocycles. The van der Waals surface area contributed by atoms with Crippen molar-refractivity contribution < 1.29 is 22.7 Å². The Bertz CT molecular complexity index is 1060. The van der Waals surface area contributed by atoms with E-state index >= 15 is 0 Å². The summed E-state index contributed by atoms with van der Waals surface area (Å²) in [7, 11) is -2.30. The van der Waals surface area contributed by atoms with Crippen molar-refractivity contribution in [3.05, 3.63) is 60.2 Å². The molecule has 34 heavy (non-hydrogen) atoms. The van der Waals surface area contributed by atoms with Crippen LogP contribution in [0.5, 0.6) is 5.75 Å². The summed E-state index contributed by atoms with van der Waals surface area (Å²) in [5.74, 6) is 0.00386. The molecule has 1 atom stereocenters. The minimum atomic E-state index is -3.79. The number of sulfonamides is 1. The first-order chi connectivity index (χ1) is 16.1.